The standard InChI is InChI=1S/C15H17ClN4O/c16-13-2-1-7-20(15(13)21)12-5-6-14(18-9-12)19-11-4-3-10(17)8-11/h1-2,5-7,9-11H,3-4,8,17H2,(H,18,19)/t10-,11-/m0/s1. The minimum atomic E-state index is -0.247. The fourth-order valence-electron chi connectivity index (χ4n) is 2.64. The van der Waals surface area contributed by atoms with Gasteiger partial charge in [0.15, 0.2) is 0 Å². The molecule has 1 fully saturated rings. The van der Waals surface area contributed by atoms with Gasteiger partial charge in [-0.2, -0.15) is 0 Å². The van der Waals surface area contributed by atoms with Crippen LogP contribution in [0.1, 0.15) is 19.3 Å². The van der Waals surface area contributed by atoms with E-state index >= 15 is 0 Å². The molecule has 6 heteroatoms. The van der Waals surface area contributed by atoms with E-state index in [1.807, 2.05) is 12.1 Å². The number of hydrogen-bond acceptors (Lipinski definition) is 4. The average molecular weight is 305 g/mol. The van der Waals surface area contributed by atoms with Crippen LogP contribution in [0.4, 0.5) is 5.82 Å². The maximum atomic E-state index is 11.9. The van der Waals surface area contributed by atoms with Crippen molar-refractivity contribution >= 4 is 17.4 Å². The SMILES string of the molecule is N[C@H]1CC[C@H](Nc2ccc(-n3cccc(Cl)c3=O)cn2)C1. The second-order valence-electron chi connectivity index (χ2n) is 5.35. The van der Waals surface area contributed by atoms with Crippen molar-refractivity contribution in [3.8, 4) is 5.69 Å². The van der Waals surface area contributed by atoms with Crippen molar-refractivity contribution in [2.24, 2.45) is 5.73 Å². The van der Waals surface area contributed by atoms with E-state index in [1.54, 1.807) is 24.5 Å². The maximum Gasteiger partial charge on any atom is 0.273 e. The van der Waals surface area contributed by atoms with E-state index in [0.717, 1.165) is 25.1 Å². The highest BCUT2D eigenvalue weighted by Gasteiger charge is 2.21. The van der Waals surface area contributed by atoms with E-state index in [9.17, 15) is 4.79 Å². The van der Waals surface area contributed by atoms with Gasteiger partial charge in [-0.1, -0.05) is 11.6 Å². The zero-order chi connectivity index (χ0) is 14.8. The molecule has 3 rings (SSSR count). The van der Waals surface area contributed by atoms with Crippen LogP contribution in [-0.4, -0.2) is 21.6 Å². The average Bonchev–Trinajstić information content (AvgIpc) is 2.88. The molecule has 0 amide bonds. The summed E-state index contributed by atoms with van der Waals surface area (Å²) in [7, 11) is 0. The first-order valence-electron chi connectivity index (χ1n) is 6.99. The predicted octanol–water partition coefficient (Wildman–Crippen LogP) is 2.18. The normalized spacial score (nSPS) is 21.4. The Labute approximate surface area is 127 Å². The molecular formula is C15H17ClN4O. The molecule has 1 aliphatic rings. The first kappa shape index (κ1) is 14.1. The second-order valence-corrected chi connectivity index (χ2v) is 5.75. The van der Waals surface area contributed by atoms with Crippen molar-refractivity contribution in [3.05, 3.63) is 52.0 Å². The van der Waals surface area contributed by atoms with E-state index in [2.05, 4.69) is 10.3 Å². The molecule has 2 atom stereocenters. The Morgan fingerprint density at radius 3 is 2.86 bits per heavy atom. The molecular weight excluding hydrogens is 288 g/mol. The third-order valence-corrected chi connectivity index (χ3v) is 4.04. The third kappa shape index (κ3) is 3.09. The van der Waals surface area contributed by atoms with Gasteiger partial charge in [-0.05, 0) is 43.5 Å². The molecule has 5 nitrogen and oxygen atoms in total. The van der Waals surface area contributed by atoms with Crippen LogP contribution in [-0.2, 0) is 0 Å². The van der Waals surface area contributed by atoms with Crippen molar-refractivity contribution in [1.82, 2.24) is 9.55 Å². The third-order valence-electron chi connectivity index (χ3n) is 3.75. The van der Waals surface area contributed by atoms with E-state index in [4.69, 9.17) is 17.3 Å². The summed E-state index contributed by atoms with van der Waals surface area (Å²) in [5, 5.41) is 3.57. The lowest BCUT2D eigenvalue weighted by Gasteiger charge is -2.13. The molecule has 0 aromatic carbocycles. The zero-order valence-corrected chi connectivity index (χ0v) is 12.3. The number of rotatable bonds is 3. The van der Waals surface area contributed by atoms with Crippen LogP contribution in [0.2, 0.25) is 5.02 Å². The second kappa shape index (κ2) is 5.87. The molecule has 21 heavy (non-hydrogen) atoms. The van der Waals surface area contributed by atoms with E-state index in [0.29, 0.717) is 11.7 Å². The number of pyridine rings is 2. The smallest absolute Gasteiger partial charge is 0.273 e. The lowest BCUT2D eigenvalue weighted by Crippen LogP contribution is -2.21. The maximum absolute atomic E-state index is 11.9. The summed E-state index contributed by atoms with van der Waals surface area (Å²) in [6.07, 6.45) is 6.42. The summed E-state index contributed by atoms with van der Waals surface area (Å²) >= 11 is 5.84. The molecule has 2 heterocycles. The molecule has 0 spiro atoms. The Morgan fingerprint density at radius 1 is 1.33 bits per heavy atom. The summed E-state index contributed by atoms with van der Waals surface area (Å²) in [5.41, 5.74) is 6.34. The first-order valence-corrected chi connectivity index (χ1v) is 7.37. The molecule has 0 aliphatic heterocycles. The number of nitrogens with zero attached hydrogens (tertiary/aromatic N) is 2. The lowest BCUT2D eigenvalue weighted by atomic mass is 10.2. The molecule has 0 bridgehead atoms. The number of anilines is 1. The zero-order valence-electron chi connectivity index (χ0n) is 11.5. The fraction of sp³-hybridized carbons (Fsp3) is 0.333. The molecule has 0 saturated heterocycles. The fourth-order valence-corrected chi connectivity index (χ4v) is 2.81. The van der Waals surface area contributed by atoms with Crippen LogP contribution in [0.5, 0.6) is 0 Å². The van der Waals surface area contributed by atoms with Crippen molar-refractivity contribution in [2.75, 3.05) is 5.32 Å². The first-order chi connectivity index (χ1) is 10.1. The van der Waals surface area contributed by atoms with Crippen molar-refractivity contribution in [3.63, 3.8) is 0 Å². The number of halogens is 1. The Hall–Kier alpha value is -1.85. The monoisotopic (exact) mass is 304 g/mol. The number of nitrogens with one attached hydrogen (secondary N) is 1. The van der Waals surface area contributed by atoms with Gasteiger partial charge >= 0.3 is 0 Å². The molecule has 1 aliphatic carbocycles. The van der Waals surface area contributed by atoms with E-state index in [1.165, 1.54) is 4.57 Å². The van der Waals surface area contributed by atoms with Gasteiger partial charge in [0.2, 0.25) is 0 Å². The Balaban J connectivity index is 1.78. The molecule has 3 N–H and O–H groups in total. The predicted molar refractivity (Wildman–Crippen MR) is 84.1 cm³/mol. The van der Waals surface area contributed by atoms with Crippen molar-refractivity contribution in [1.29, 1.82) is 0 Å². The van der Waals surface area contributed by atoms with Crippen LogP contribution in [0.3, 0.4) is 0 Å². The summed E-state index contributed by atoms with van der Waals surface area (Å²) in [5.74, 6) is 0.799. The summed E-state index contributed by atoms with van der Waals surface area (Å²) in [6, 6.07) is 7.69. The quantitative estimate of drug-likeness (QED) is 0.911. The molecule has 0 radical (unpaired) electrons. The van der Waals surface area contributed by atoms with Crippen molar-refractivity contribution in [2.45, 2.75) is 31.3 Å². The molecule has 1 saturated carbocycles. The van der Waals surface area contributed by atoms with Crippen LogP contribution < -0.4 is 16.6 Å². The Kier molecular flexibility index (Phi) is 3.94. The van der Waals surface area contributed by atoms with Gasteiger partial charge < -0.3 is 11.1 Å². The molecule has 110 valence electrons. The summed E-state index contributed by atoms with van der Waals surface area (Å²) in [6.45, 7) is 0. The highest BCUT2D eigenvalue weighted by molar-refractivity contribution is 6.30. The van der Waals surface area contributed by atoms with E-state index < -0.39 is 0 Å². The van der Waals surface area contributed by atoms with Crippen molar-refractivity contribution < 1.29 is 0 Å². The van der Waals surface area contributed by atoms with Gasteiger partial charge in [-0.15, -0.1) is 0 Å². The van der Waals surface area contributed by atoms with Gasteiger partial charge in [0.05, 0.1) is 11.9 Å². The highest BCUT2D eigenvalue weighted by Crippen LogP contribution is 2.21. The van der Waals surface area contributed by atoms with Gasteiger partial charge in [0.1, 0.15) is 10.8 Å². The minimum Gasteiger partial charge on any atom is -0.367 e. The van der Waals surface area contributed by atoms with Crippen LogP contribution >= 0.6 is 11.6 Å². The molecule has 0 unspecified atom stereocenters. The number of nitrogens with two attached hydrogens (primary N) is 1. The summed E-state index contributed by atoms with van der Waals surface area (Å²) < 4.78 is 1.48. The van der Waals surface area contributed by atoms with E-state index in [-0.39, 0.29) is 16.6 Å². The summed E-state index contributed by atoms with van der Waals surface area (Å²) in [4.78, 5) is 16.3. The lowest BCUT2D eigenvalue weighted by molar-refractivity contribution is 0.686. The van der Waals surface area contributed by atoms with Gasteiger partial charge in [0.25, 0.3) is 5.56 Å². The van der Waals surface area contributed by atoms with Gasteiger partial charge in [0, 0.05) is 18.3 Å². The van der Waals surface area contributed by atoms with Crippen LogP contribution in [0, 0.1) is 0 Å². The molecule has 2 aromatic rings. The topological polar surface area (TPSA) is 72.9 Å². The largest absolute Gasteiger partial charge is 0.367 e. The Morgan fingerprint density at radius 2 is 2.19 bits per heavy atom. The van der Waals surface area contributed by atoms with Crippen LogP contribution in [0.15, 0.2) is 41.5 Å². The van der Waals surface area contributed by atoms with Gasteiger partial charge in [-0.25, -0.2) is 4.98 Å². The highest BCUT2D eigenvalue weighted by atomic mass is 35.5. The van der Waals surface area contributed by atoms with Gasteiger partial charge in [-0.3, -0.25) is 9.36 Å². The number of aromatic nitrogens is 2. The molecule has 2 aromatic heterocycles. The minimum absolute atomic E-state index is 0.194. The number of hydrogen-bond donors (Lipinski definition) is 2. The van der Waals surface area contributed by atoms with Crippen LogP contribution in [0.25, 0.3) is 5.69 Å². The Bertz CT molecular complexity index is 683.